The van der Waals surface area contributed by atoms with Gasteiger partial charge in [0.1, 0.15) is 0 Å². The number of nitrogens with zero attached hydrogens (tertiary/aromatic N) is 2. The average molecular weight is 396 g/mol. The number of likely N-dealkylation sites (N-methyl/N-ethyl adjacent to an activating group) is 1. The summed E-state index contributed by atoms with van der Waals surface area (Å²) in [6.45, 7) is 20.1. The van der Waals surface area contributed by atoms with Crippen molar-refractivity contribution in [1.29, 1.82) is 0 Å². The predicted molar refractivity (Wildman–Crippen MR) is 113 cm³/mol. The van der Waals surface area contributed by atoms with Gasteiger partial charge in [-0.2, -0.15) is 0 Å². The van der Waals surface area contributed by atoms with Crippen LogP contribution in [0.5, 0.6) is 0 Å². The topological polar surface area (TPSA) is 52.6 Å². The van der Waals surface area contributed by atoms with Crippen LogP contribution in [-0.2, 0) is 15.4 Å². The highest BCUT2D eigenvalue weighted by Crippen LogP contribution is 2.29. The Bertz CT molecular complexity index is 722. The molecule has 0 bridgehead atoms. The second-order valence-electron chi connectivity index (χ2n) is 8.86. The number of aryl methyl sites for hydroxylation is 2. The van der Waals surface area contributed by atoms with E-state index in [0.29, 0.717) is 11.4 Å². The number of piperazine rings is 1. The molecule has 1 atom stereocenters. The molecule has 1 aliphatic heterocycles. The van der Waals surface area contributed by atoms with Crippen molar-refractivity contribution < 1.29 is 8.42 Å². The Morgan fingerprint density at radius 2 is 1.59 bits per heavy atom. The third-order valence-electron chi connectivity index (χ3n) is 5.64. The number of hydrogen-bond donors (Lipinski definition) is 1. The minimum atomic E-state index is -3.52. The van der Waals surface area contributed by atoms with Crippen LogP contribution in [0.1, 0.15) is 51.3 Å². The van der Waals surface area contributed by atoms with Gasteiger partial charge in [0.15, 0.2) is 0 Å². The van der Waals surface area contributed by atoms with Crippen LogP contribution in [0.3, 0.4) is 0 Å². The highest BCUT2D eigenvalue weighted by atomic mass is 32.2. The molecule has 2 rings (SSSR count). The Morgan fingerprint density at radius 3 is 2.04 bits per heavy atom. The van der Waals surface area contributed by atoms with Crippen molar-refractivity contribution in [3.63, 3.8) is 0 Å². The van der Waals surface area contributed by atoms with E-state index in [1.54, 1.807) is 0 Å². The van der Waals surface area contributed by atoms with E-state index in [1.165, 1.54) is 5.56 Å². The Morgan fingerprint density at radius 1 is 1.07 bits per heavy atom. The Labute approximate surface area is 166 Å². The largest absolute Gasteiger partial charge is 0.301 e. The molecule has 0 amide bonds. The lowest BCUT2D eigenvalue weighted by molar-refractivity contribution is 0.107. The van der Waals surface area contributed by atoms with Gasteiger partial charge in [0.2, 0.25) is 10.0 Å². The maximum atomic E-state index is 13.0. The molecule has 1 fully saturated rings. The van der Waals surface area contributed by atoms with E-state index < -0.39 is 10.0 Å². The van der Waals surface area contributed by atoms with Crippen LogP contribution in [-0.4, -0.2) is 63.5 Å². The van der Waals surface area contributed by atoms with Crippen molar-refractivity contribution >= 4 is 10.0 Å². The van der Waals surface area contributed by atoms with Crippen molar-refractivity contribution in [2.24, 2.45) is 0 Å². The van der Waals surface area contributed by atoms with E-state index in [0.717, 1.165) is 43.9 Å². The van der Waals surface area contributed by atoms with Crippen LogP contribution in [0.15, 0.2) is 17.0 Å². The van der Waals surface area contributed by atoms with E-state index in [-0.39, 0.29) is 11.5 Å². The fraction of sp³-hybridized carbons (Fsp3) is 0.714. The Kier molecular flexibility index (Phi) is 7.11. The summed E-state index contributed by atoms with van der Waals surface area (Å²) in [5, 5.41) is 0. The van der Waals surface area contributed by atoms with Gasteiger partial charge in [-0.3, -0.25) is 4.90 Å². The average Bonchev–Trinajstić information content (AvgIpc) is 2.58. The molecule has 27 heavy (non-hydrogen) atoms. The zero-order valence-electron chi connectivity index (χ0n) is 18.1. The first-order valence-electron chi connectivity index (χ1n) is 10.0. The van der Waals surface area contributed by atoms with Gasteiger partial charge in [-0.1, -0.05) is 39.8 Å². The molecule has 0 radical (unpaired) electrons. The highest BCUT2D eigenvalue weighted by molar-refractivity contribution is 7.89. The van der Waals surface area contributed by atoms with Crippen molar-refractivity contribution in [3.8, 4) is 0 Å². The molecule has 1 N–H and O–H groups in total. The lowest BCUT2D eigenvalue weighted by Gasteiger charge is -2.37. The van der Waals surface area contributed by atoms with E-state index in [2.05, 4.69) is 49.1 Å². The van der Waals surface area contributed by atoms with Gasteiger partial charge in [0.25, 0.3) is 0 Å². The number of rotatable bonds is 6. The molecule has 1 saturated heterocycles. The second-order valence-corrected chi connectivity index (χ2v) is 10.6. The lowest BCUT2D eigenvalue weighted by Crippen LogP contribution is -2.52. The summed E-state index contributed by atoms with van der Waals surface area (Å²) in [6, 6.07) is 4.21. The highest BCUT2D eigenvalue weighted by Gasteiger charge is 2.25. The molecule has 5 nitrogen and oxygen atoms in total. The molecule has 1 aromatic rings. The van der Waals surface area contributed by atoms with Gasteiger partial charge >= 0.3 is 0 Å². The maximum absolute atomic E-state index is 13.0. The van der Waals surface area contributed by atoms with Gasteiger partial charge in [-0.25, -0.2) is 13.1 Å². The monoisotopic (exact) mass is 395 g/mol. The first-order chi connectivity index (χ1) is 12.5. The van der Waals surface area contributed by atoms with Crippen LogP contribution in [0.25, 0.3) is 0 Å². The normalized spacial score (nSPS) is 18.6. The smallest absolute Gasteiger partial charge is 0.241 e. The summed E-state index contributed by atoms with van der Waals surface area (Å²) in [7, 11) is -3.52. The summed E-state index contributed by atoms with van der Waals surface area (Å²) in [4.78, 5) is 5.23. The number of benzene rings is 1. The van der Waals surface area contributed by atoms with Crippen molar-refractivity contribution in [2.45, 2.75) is 64.8 Å². The zero-order valence-corrected chi connectivity index (χ0v) is 18.9. The van der Waals surface area contributed by atoms with Gasteiger partial charge in [-0.05, 0) is 49.4 Å². The fourth-order valence-corrected chi connectivity index (χ4v) is 5.33. The maximum Gasteiger partial charge on any atom is 0.241 e. The van der Waals surface area contributed by atoms with E-state index in [4.69, 9.17) is 0 Å². The first-order valence-corrected chi connectivity index (χ1v) is 11.5. The zero-order chi connectivity index (χ0) is 20.4. The van der Waals surface area contributed by atoms with Crippen LogP contribution in [0.2, 0.25) is 0 Å². The SMILES string of the molecule is CCN1CCN(C(C)CNS(=O)(=O)c2c(C)cc(C(C)(C)C)cc2C)CC1. The van der Waals surface area contributed by atoms with Crippen molar-refractivity contribution in [3.05, 3.63) is 28.8 Å². The van der Waals surface area contributed by atoms with Crippen LogP contribution in [0.4, 0.5) is 0 Å². The third kappa shape index (κ3) is 5.53. The molecule has 0 spiro atoms. The molecule has 6 heteroatoms. The predicted octanol–water partition coefficient (Wildman–Crippen LogP) is 2.91. The quantitative estimate of drug-likeness (QED) is 0.805. The van der Waals surface area contributed by atoms with Crippen molar-refractivity contribution in [1.82, 2.24) is 14.5 Å². The molecule has 1 heterocycles. The van der Waals surface area contributed by atoms with Gasteiger partial charge < -0.3 is 4.90 Å². The fourth-order valence-electron chi connectivity index (χ4n) is 3.76. The Balaban J connectivity index is 2.09. The molecule has 154 valence electrons. The van der Waals surface area contributed by atoms with E-state index in [1.807, 2.05) is 26.0 Å². The molecule has 0 saturated carbocycles. The molecule has 0 aliphatic carbocycles. The Hall–Kier alpha value is -0.950. The standard InChI is InChI=1S/C21H37N3O2S/c1-8-23-9-11-24(12-10-23)18(4)15-22-27(25,26)20-16(2)13-19(14-17(20)3)21(5,6)7/h13-14,18,22H,8-12,15H2,1-7H3. The van der Waals surface area contributed by atoms with Gasteiger partial charge in [0.05, 0.1) is 4.90 Å². The second kappa shape index (κ2) is 8.60. The molecule has 0 aromatic heterocycles. The van der Waals surface area contributed by atoms with Gasteiger partial charge in [-0.15, -0.1) is 0 Å². The summed E-state index contributed by atoms with van der Waals surface area (Å²) in [5.74, 6) is 0. The number of nitrogens with one attached hydrogen (secondary N) is 1. The molecular formula is C21H37N3O2S. The number of hydrogen-bond acceptors (Lipinski definition) is 4. The van der Waals surface area contributed by atoms with Crippen LogP contribution in [0, 0.1) is 13.8 Å². The van der Waals surface area contributed by atoms with Crippen molar-refractivity contribution in [2.75, 3.05) is 39.3 Å². The number of sulfonamides is 1. The minimum Gasteiger partial charge on any atom is -0.301 e. The van der Waals surface area contributed by atoms with E-state index in [9.17, 15) is 8.42 Å². The molecular weight excluding hydrogens is 358 g/mol. The molecule has 1 aromatic carbocycles. The lowest BCUT2D eigenvalue weighted by atomic mass is 9.85. The summed E-state index contributed by atoms with van der Waals surface area (Å²) < 4.78 is 28.8. The summed E-state index contributed by atoms with van der Waals surface area (Å²) >= 11 is 0. The first kappa shape index (κ1) is 22.3. The third-order valence-corrected chi connectivity index (χ3v) is 7.37. The summed E-state index contributed by atoms with van der Waals surface area (Å²) in [6.07, 6.45) is 0. The summed E-state index contributed by atoms with van der Waals surface area (Å²) in [5.41, 5.74) is 2.80. The molecule has 1 aliphatic rings. The molecule has 1 unspecified atom stereocenters. The van der Waals surface area contributed by atoms with Crippen LogP contribution >= 0.6 is 0 Å². The van der Waals surface area contributed by atoms with Crippen LogP contribution < -0.4 is 4.72 Å². The van der Waals surface area contributed by atoms with Gasteiger partial charge in [0, 0.05) is 38.8 Å². The minimum absolute atomic E-state index is 0.000386. The van der Waals surface area contributed by atoms with E-state index >= 15 is 0 Å².